The number of hydrogen-bond donors (Lipinski definition) is 1. The molecule has 0 radical (unpaired) electrons. The highest BCUT2D eigenvalue weighted by molar-refractivity contribution is 5.76. The second-order valence-corrected chi connectivity index (χ2v) is 12.8. The lowest BCUT2D eigenvalue weighted by molar-refractivity contribution is -0.134. The number of ether oxygens (including phenoxy) is 2. The number of unbranched alkanes of at least 4 members (excludes halogenated alkanes) is 16. The summed E-state index contributed by atoms with van der Waals surface area (Å²) in [7, 11) is 4.21. The van der Waals surface area contributed by atoms with Gasteiger partial charge >= 0.3 is 0 Å². The molecule has 0 aromatic rings. The third-order valence-electron chi connectivity index (χ3n) is 8.53. The van der Waals surface area contributed by atoms with E-state index in [4.69, 9.17) is 9.47 Å². The fourth-order valence-electron chi connectivity index (χ4n) is 5.94. The predicted octanol–water partition coefficient (Wildman–Crippen LogP) is 8.68. The van der Waals surface area contributed by atoms with Gasteiger partial charge in [0, 0.05) is 25.6 Å². The molecule has 0 saturated carbocycles. The predicted molar refractivity (Wildman–Crippen MR) is 175 cm³/mol. The van der Waals surface area contributed by atoms with Crippen LogP contribution in [-0.2, 0) is 14.3 Å². The lowest BCUT2D eigenvalue weighted by Crippen LogP contribution is -2.41. The minimum Gasteiger partial charge on any atom is -0.340 e. The van der Waals surface area contributed by atoms with Crippen molar-refractivity contribution >= 4 is 5.91 Å². The van der Waals surface area contributed by atoms with E-state index in [1.54, 1.807) is 0 Å². The molecule has 1 aliphatic heterocycles. The maximum Gasteiger partial charge on any atom is 0.222 e. The Morgan fingerprint density at radius 3 is 1.80 bits per heavy atom. The minimum atomic E-state index is -0.204. The van der Waals surface area contributed by atoms with Gasteiger partial charge in [-0.25, -0.2) is 0 Å². The smallest absolute Gasteiger partial charge is 0.222 e. The summed E-state index contributed by atoms with van der Waals surface area (Å²) in [4.78, 5) is 18.1. The Kier molecular flexibility index (Phi) is 26.3. The van der Waals surface area contributed by atoms with Crippen LogP contribution in [-0.4, -0.2) is 75.1 Å². The molecule has 0 spiro atoms. The quantitative estimate of drug-likeness (QED) is 0.0860. The van der Waals surface area contributed by atoms with Crippen LogP contribution in [0.25, 0.3) is 0 Å². The van der Waals surface area contributed by atoms with Gasteiger partial charge in [0.2, 0.25) is 12.3 Å². The second kappa shape index (κ2) is 28.1. The van der Waals surface area contributed by atoms with E-state index in [9.17, 15) is 4.79 Å². The van der Waals surface area contributed by atoms with Crippen molar-refractivity contribution in [2.75, 3.05) is 46.9 Å². The minimum absolute atomic E-state index is 0.204. The van der Waals surface area contributed by atoms with Gasteiger partial charge in [0.15, 0.2) is 0 Å². The summed E-state index contributed by atoms with van der Waals surface area (Å²) in [6.07, 6.45) is 28.3. The highest BCUT2D eigenvalue weighted by Gasteiger charge is 2.23. The number of carbonyl (C=O) groups is 1. The highest BCUT2D eigenvalue weighted by atomic mass is 16.7. The van der Waals surface area contributed by atoms with Crippen LogP contribution in [0.5, 0.6) is 0 Å². The maximum absolute atomic E-state index is 13.6. The number of amides is 1. The van der Waals surface area contributed by atoms with Gasteiger partial charge in [-0.05, 0) is 52.7 Å². The van der Waals surface area contributed by atoms with Crippen molar-refractivity contribution in [2.24, 2.45) is 0 Å². The first kappa shape index (κ1) is 38.3. The Morgan fingerprint density at radius 1 is 0.732 bits per heavy atom. The zero-order chi connectivity index (χ0) is 29.8. The molecule has 41 heavy (non-hydrogen) atoms. The van der Waals surface area contributed by atoms with E-state index in [0.717, 1.165) is 58.5 Å². The second-order valence-electron chi connectivity index (χ2n) is 12.8. The Labute approximate surface area is 256 Å². The molecule has 1 heterocycles. The van der Waals surface area contributed by atoms with E-state index in [-0.39, 0.29) is 6.41 Å². The van der Waals surface area contributed by atoms with Crippen LogP contribution in [0.15, 0.2) is 0 Å². The molecule has 6 nitrogen and oxygen atoms in total. The third-order valence-corrected chi connectivity index (χ3v) is 8.53. The Morgan fingerprint density at radius 2 is 1.27 bits per heavy atom. The van der Waals surface area contributed by atoms with Crippen LogP contribution in [0.4, 0.5) is 0 Å². The molecule has 0 aromatic carbocycles. The molecule has 1 fully saturated rings. The summed E-state index contributed by atoms with van der Waals surface area (Å²) in [5.41, 5.74) is 0. The van der Waals surface area contributed by atoms with Crippen molar-refractivity contribution in [3.05, 3.63) is 0 Å². The zero-order valence-corrected chi connectivity index (χ0v) is 28.1. The summed E-state index contributed by atoms with van der Waals surface area (Å²) in [5, 5.41) is 3.21. The van der Waals surface area contributed by atoms with Crippen LogP contribution in [0, 0.1) is 0 Å². The molecular weight excluding hydrogens is 510 g/mol. The van der Waals surface area contributed by atoms with E-state index in [2.05, 4.69) is 43.1 Å². The van der Waals surface area contributed by atoms with Crippen molar-refractivity contribution in [3.8, 4) is 0 Å². The van der Waals surface area contributed by atoms with Crippen molar-refractivity contribution in [2.45, 2.75) is 174 Å². The standard InChI is InChI=1S/C35H71N3O3/c1-5-7-9-11-13-15-18-22-30-38(34(39)27-24-29-37(3)4)33(25-20-16-14-12-10-8-6-2)26-21-17-19-23-31-40-35-36-28-32-41-35/h33,35-36H,5-32H2,1-4H3. The Balaban J connectivity index is 2.58. The average Bonchev–Trinajstić information content (AvgIpc) is 3.48. The van der Waals surface area contributed by atoms with Crippen LogP contribution in [0.3, 0.4) is 0 Å². The lowest BCUT2D eigenvalue weighted by atomic mass is 9.98. The monoisotopic (exact) mass is 582 g/mol. The summed E-state index contributed by atoms with van der Waals surface area (Å²) in [5.74, 6) is 0.403. The first-order valence-corrected chi connectivity index (χ1v) is 18.0. The molecule has 1 saturated heterocycles. The number of nitrogens with zero attached hydrogens (tertiary/aromatic N) is 2. The number of carbonyl (C=O) groups excluding carboxylic acids is 1. The molecule has 0 bridgehead atoms. The molecular formula is C35H71N3O3. The molecule has 0 aliphatic carbocycles. The van der Waals surface area contributed by atoms with Crippen LogP contribution in [0.2, 0.25) is 0 Å². The summed E-state index contributed by atoms with van der Waals surface area (Å²) >= 11 is 0. The summed E-state index contributed by atoms with van der Waals surface area (Å²) in [6.45, 7) is 8.90. The Bertz CT molecular complexity index is 569. The first-order valence-electron chi connectivity index (χ1n) is 18.0. The fourth-order valence-corrected chi connectivity index (χ4v) is 5.94. The molecule has 2 atom stereocenters. The van der Waals surface area contributed by atoms with Gasteiger partial charge in [-0.15, -0.1) is 0 Å². The van der Waals surface area contributed by atoms with E-state index in [1.165, 1.54) is 116 Å². The van der Waals surface area contributed by atoms with Crippen molar-refractivity contribution in [1.82, 2.24) is 15.1 Å². The van der Waals surface area contributed by atoms with Crippen LogP contribution in [0.1, 0.15) is 162 Å². The van der Waals surface area contributed by atoms with Crippen LogP contribution >= 0.6 is 0 Å². The highest BCUT2D eigenvalue weighted by Crippen LogP contribution is 2.21. The molecule has 1 N–H and O–H groups in total. The molecule has 6 heteroatoms. The number of nitrogens with one attached hydrogen (secondary N) is 1. The Hall–Kier alpha value is -0.690. The van der Waals surface area contributed by atoms with Crippen molar-refractivity contribution < 1.29 is 14.3 Å². The average molecular weight is 582 g/mol. The zero-order valence-electron chi connectivity index (χ0n) is 28.1. The number of rotatable bonds is 30. The normalized spacial score (nSPS) is 16.1. The molecule has 1 rings (SSSR count). The van der Waals surface area contributed by atoms with Gasteiger partial charge < -0.3 is 19.3 Å². The summed E-state index contributed by atoms with van der Waals surface area (Å²) in [6, 6.07) is 0.411. The lowest BCUT2D eigenvalue weighted by Gasteiger charge is -2.33. The van der Waals surface area contributed by atoms with Gasteiger partial charge in [-0.1, -0.05) is 123 Å². The van der Waals surface area contributed by atoms with Crippen LogP contribution < -0.4 is 5.32 Å². The van der Waals surface area contributed by atoms with E-state index >= 15 is 0 Å². The van der Waals surface area contributed by atoms with Crippen molar-refractivity contribution in [1.29, 1.82) is 0 Å². The van der Waals surface area contributed by atoms with E-state index in [1.807, 2.05) is 0 Å². The van der Waals surface area contributed by atoms with E-state index in [0.29, 0.717) is 18.4 Å². The van der Waals surface area contributed by atoms with Gasteiger partial charge in [0.1, 0.15) is 0 Å². The summed E-state index contributed by atoms with van der Waals surface area (Å²) < 4.78 is 11.2. The maximum atomic E-state index is 13.6. The third kappa shape index (κ3) is 22.5. The molecule has 2 unspecified atom stereocenters. The van der Waals surface area contributed by atoms with Gasteiger partial charge in [0.05, 0.1) is 13.2 Å². The van der Waals surface area contributed by atoms with Gasteiger partial charge in [0.25, 0.3) is 0 Å². The topological polar surface area (TPSA) is 54.0 Å². The molecule has 0 aromatic heterocycles. The SMILES string of the molecule is CCCCCCCCCCN(C(=O)CCCN(C)C)C(CCCCCCCCC)CCCCCCOC1NCCO1. The fraction of sp³-hybridized carbons (Fsp3) is 0.971. The molecule has 1 aliphatic rings. The molecule has 244 valence electrons. The van der Waals surface area contributed by atoms with Gasteiger partial charge in [-0.3, -0.25) is 10.1 Å². The largest absolute Gasteiger partial charge is 0.340 e. The van der Waals surface area contributed by atoms with Gasteiger partial charge in [-0.2, -0.15) is 0 Å². The first-order chi connectivity index (χ1) is 20.1. The van der Waals surface area contributed by atoms with E-state index < -0.39 is 0 Å². The number of hydrogen-bond acceptors (Lipinski definition) is 5. The van der Waals surface area contributed by atoms with Crippen molar-refractivity contribution in [3.63, 3.8) is 0 Å². The molecule has 1 amide bonds.